The molecule has 0 N–H and O–H groups in total. The number of fused-ring (bicyclic) bond motifs is 1. The molecule has 6 heteroatoms. The zero-order valence-electron chi connectivity index (χ0n) is 18.1. The number of para-hydroxylation sites is 1. The Balaban J connectivity index is 1.57. The van der Waals surface area contributed by atoms with Gasteiger partial charge in [0.05, 0.1) is 10.2 Å². The van der Waals surface area contributed by atoms with Crippen LogP contribution in [0.3, 0.4) is 0 Å². The van der Waals surface area contributed by atoms with E-state index in [1.54, 1.807) is 27.7 Å². The van der Waals surface area contributed by atoms with Crippen molar-refractivity contribution in [2.45, 2.75) is 63.6 Å². The minimum absolute atomic E-state index is 0.198. The van der Waals surface area contributed by atoms with Crippen molar-refractivity contribution in [1.29, 1.82) is 0 Å². The Bertz CT molecular complexity index is 1150. The second-order valence-corrected chi connectivity index (χ2v) is 10.4. The second kappa shape index (κ2) is 6.97. The molecular formula is C25H25NO4S. The molecule has 0 bridgehead atoms. The lowest BCUT2D eigenvalue weighted by atomic mass is 9.73. The van der Waals surface area contributed by atoms with Crippen molar-refractivity contribution in [3.8, 4) is 10.9 Å². The third-order valence-electron chi connectivity index (χ3n) is 6.09. The van der Waals surface area contributed by atoms with Crippen LogP contribution in [0.15, 0.2) is 42.5 Å². The largest absolute Gasteiger partial charge is 0.431 e. The molecule has 0 amide bonds. The first kappa shape index (κ1) is 20.3. The fraction of sp³-hybridized carbons (Fsp3) is 0.400. The van der Waals surface area contributed by atoms with E-state index in [4.69, 9.17) is 9.47 Å². The number of carbonyl (C=O) groups is 2. The number of hydrogen-bond donors (Lipinski definition) is 0. The van der Waals surface area contributed by atoms with Gasteiger partial charge in [-0.3, -0.25) is 9.59 Å². The Morgan fingerprint density at radius 3 is 2.29 bits per heavy atom. The highest BCUT2D eigenvalue weighted by Crippen LogP contribution is 2.48. The zero-order chi connectivity index (χ0) is 22.0. The summed E-state index contributed by atoms with van der Waals surface area (Å²) < 4.78 is 13.0. The van der Waals surface area contributed by atoms with Crippen LogP contribution in [0.5, 0.6) is 10.9 Å². The van der Waals surface area contributed by atoms with Crippen molar-refractivity contribution in [3.63, 3.8) is 0 Å². The van der Waals surface area contributed by atoms with Crippen LogP contribution in [-0.2, 0) is 14.3 Å². The number of thiazole rings is 1. The van der Waals surface area contributed by atoms with Crippen LogP contribution in [0.25, 0.3) is 10.2 Å². The third-order valence-corrected chi connectivity index (χ3v) is 7.00. The first-order valence-electron chi connectivity index (χ1n) is 10.6. The number of benzene rings is 2. The van der Waals surface area contributed by atoms with Gasteiger partial charge in [0, 0.05) is 0 Å². The molecule has 0 unspecified atom stereocenters. The predicted octanol–water partition coefficient (Wildman–Crippen LogP) is 5.78. The van der Waals surface area contributed by atoms with Crippen LogP contribution >= 0.6 is 11.3 Å². The molecule has 1 saturated heterocycles. The Morgan fingerprint density at radius 1 is 0.968 bits per heavy atom. The molecule has 5 nitrogen and oxygen atoms in total. The van der Waals surface area contributed by atoms with Crippen LogP contribution in [-0.4, -0.2) is 27.8 Å². The summed E-state index contributed by atoms with van der Waals surface area (Å²) in [7, 11) is 0. The number of ether oxygens (including phenoxy) is 2. The highest BCUT2D eigenvalue weighted by atomic mass is 32.1. The molecular weight excluding hydrogens is 410 g/mol. The maximum Gasteiger partial charge on any atom is 0.279 e. The van der Waals surface area contributed by atoms with Crippen LogP contribution in [0.2, 0.25) is 0 Å². The zero-order valence-corrected chi connectivity index (χ0v) is 18.9. The number of aromatic nitrogens is 1. The number of carbonyl (C=O) groups excluding carboxylic acids is 2. The standard InChI is InChI=1S/C25H25NO4S/c1-24(2)21(27)20(22(28)25(3,4)30-24)17-13-15(11-12-16(17)14-9-10-14)29-23-26-18-7-5-6-8-19(18)31-23/h5-8,11-14,20H,9-10H2,1-4H3. The predicted molar refractivity (Wildman–Crippen MR) is 120 cm³/mol. The van der Waals surface area contributed by atoms with E-state index in [9.17, 15) is 9.59 Å². The van der Waals surface area contributed by atoms with Gasteiger partial charge in [-0.15, -0.1) is 0 Å². The molecule has 2 heterocycles. The van der Waals surface area contributed by atoms with Gasteiger partial charge in [0.2, 0.25) is 0 Å². The SMILES string of the molecule is CC1(C)OC(C)(C)C(=O)C(c2cc(Oc3nc4ccccc4s3)ccc2C2CC2)C1=O. The molecule has 0 spiro atoms. The third kappa shape index (κ3) is 3.58. The maximum atomic E-state index is 13.3. The van der Waals surface area contributed by atoms with Crippen molar-refractivity contribution in [2.24, 2.45) is 0 Å². The molecule has 1 aliphatic carbocycles. The summed E-state index contributed by atoms with van der Waals surface area (Å²) in [6.07, 6.45) is 2.15. The summed E-state index contributed by atoms with van der Waals surface area (Å²) in [5.41, 5.74) is 0.632. The van der Waals surface area contributed by atoms with E-state index in [0.29, 0.717) is 16.9 Å². The summed E-state index contributed by atoms with van der Waals surface area (Å²) in [6.45, 7) is 6.98. The molecule has 31 heavy (non-hydrogen) atoms. The molecule has 2 aromatic carbocycles. The van der Waals surface area contributed by atoms with E-state index >= 15 is 0 Å². The fourth-order valence-electron chi connectivity index (χ4n) is 4.46. The van der Waals surface area contributed by atoms with Crippen LogP contribution in [0, 0.1) is 0 Å². The average Bonchev–Trinajstić information content (AvgIpc) is 3.46. The molecule has 0 radical (unpaired) electrons. The Labute approximate surface area is 185 Å². The van der Waals surface area contributed by atoms with Crippen molar-refractivity contribution in [2.75, 3.05) is 0 Å². The van der Waals surface area contributed by atoms with Crippen LogP contribution in [0.1, 0.15) is 63.5 Å². The van der Waals surface area contributed by atoms with Crippen molar-refractivity contribution in [1.82, 2.24) is 4.98 Å². The lowest BCUT2D eigenvalue weighted by molar-refractivity contribution is -0.184. The molecule has 0 atom stereocenters. The molecule has 1 aromatic heterocycles. The minimum atomic E-state index is -1.03. The van der Waals surface area contributed by atoms with Crippen LogP contribution in [0.4, 0.5) is 0 Å². The maximum absolute atomic E-state index is 13.3. The van der Waals surface area contributed by atoms with Crippen LogP contribution < -0.4 is 4.74 Å². The lowest BCUT2D eigenvalue weighted by Crippen LogP contribution is -2.58. The Hall–Kier alpha value is -2.57. The Kier molecular flexibility index (Phi) is 4.57. The monoisotopic (exact) mass is 435 g/mol. The smallest absolute Gasteiger partial charge is 0.279 e. The van der Waals surface area contributed by atoms with E-state index in [1.807, 2.05) is 42.5 Å². The average molecular weight is 436 g/mol. The van der Waals surface area contributed by atoms with Gasteiger partial charge in [0.1, 0.15) is 22.9 Å². The molecule has 1 aliphatic heterocycles. The number of Topliss-reactive ketones (excluding diaryl/α,β-unsaturated/α-hetero) is 2. The number of hydrogen-bond acceptors (Lipinski definition) is 6. The molecule has 160 valence electrons. The van der Waals surface area contributed by atoms with E-state index in [-0.39, 0.29) is 11.6 Å². The van der Waals surface area contributed by atoms with Gasteiger partial charge in [-0.05, 0) is 81.8 Å². The Morgan fingerprint density at radius 2 is 1.65 bits per heavy atom. The molecule has 3 aromatic rings. The number of nitrogens with zero attached hydrogens (tertiary/aromatic N) is 1. The summed E-state index contributed by atoms with van der Waals surface area (Å²) in [6, 6.07) is 13.6. The molecule has 2 fully saturated rings. The van der Waals surface area contributed by atoms with E-state index in [2.05, 4.69) is 4.98 Å². The summed E-state index contributed by atoms with van der Waals surface area (Å²) in [5, 5.41) is 0.539. The number of rotatable bonds is 4. The molecule has 5 rings (SSSR count). The first-order chi connectivity index (χ1) is 14.7. The van der Waals surface area contributed by atoms with E-state index < -0.39 is 17.1 Å². The topological polar surface area (TPSA) is 65.5 Å². The minimum Gasteiger partial charge on any atom is -0.431 e. The quantitative estimate of drug-likeness (QED) is 0.486. The van der Waals surface area contributed by atoms with Gasteiger partial charge in [0.25, 0.3) is 5.19 Å². The molecule has 2 aliphatic rings. The van der Waals surface area contributed by atoms with Crippen molar-refractivity contribution >= 4 is 33.1 Å². The van der Waals surface area contributed by atoms with Gasteiger partial charge in [-0.25, -0.2) is 4.98 Å². The van der Waals surface area contributed by atoms with Gasteiger partial charge >= 0.3 is 0 Å². The molecule has 1 saturated carbocycles. The summed E-state index contributed by atoms with van der Waals surface area (Å²) in [4.78, 5) is 31.2. The lowest BCUT2D eigenvalue weighted by Gasteiger charge is -2.43. The van der Waals surface area contributed by atoms with Gasteiger partial charge in [0.15, 0.2) is 11.6 Å². The highest BCUT2D eigenvalue weighted by molar-refractivity contribution is 7.20. The van der Waals surface area contributed by atoms with E-state index in [0.717, 1.165) is 34.2 Å². The van der Waals surface area contributed by atoms with Gasteiger partial charge in [-0.1, -0.05) is 29.5 Å². The van der Waals surface area contributed by atoms with Gasteiger partial charge < -0.3 is 9.47 Å². The van der Waals surface area contributed by atoms with Gasteiger partial charge in [-0.2, -0.15) is 0 Å². The summed E-state index contributed by atoms with van der Waals surface area (Å²) >= 11 is 1.47. The number of ketones is 2. The van der Waals surface area contributed by atoms with Crippen molar-refractivity contribution in [3.05, 3.63) is 53.6 Å². The fourth-order valence-corrected chi connectivity index (χ4v) is 5.30. The first-order valence-corrected chi connectivity index (χ1v) is 11.4. The highest BCUT2D eigenvalue weighted by Gasteiger charge is 2.53. The normalized spacial score (nSPS) is 20.9. The van der Waals surface area contributed by atoms with E-state index in [1.165, 1.54) is 11.3 Å². The second-order valence-electron chi connectivity index (χ2n) is 9.40. The van der Waals surface area contributed by atoms with Crippen molar-refractivity contribution < 1.29 is 19.1 Å². The summed E-state index contributed by atoms with van der Waals surface area (Å²) in [5.74, 6) is -0.276.